The molecule has 0 heterocycles. The SMILES string of the molecule is CS.Cc1ccccc1C(C)C(C)S. The monoisotopic (exact) mass is 228 g/mol. The lowest BCUT2D eigenvalue weighted by Crippen LogP contribution is -2.06. The maximum absolute atomic E-state index is 4.45. The molecule has 1 rings (SSSR count). The molecule has 0 saturated carbocycles. The van der Waals surface area contributed by atoms with Gasteiger partial charge >= 0.3 is 0 Å². The Morgan fingerprint density at radius 2 is 1.57 bits per heavy atom. The van der Waals surface area contributed by atoms with E-state index in [9.17, 15) is 0 Å². The Kier molecular flexibility index (Phi) is 7.20. The summed E-state index contributed by atoms with van der Waals surface area (Å²) in [5, 5.41) is 0.422. The Morgan fingerprint density at radius 3 is 2.00 bits per heavy atom. The Hall–Kier alpha value is -0.0800. The van der Waals surface area contributed by atoms with Crippen LogP contribution in [0.15, 0.2) is 24.3 Å². The molecule has 0 nitrogen and oxygen atoms in total. The van der Waals surface area contributed by atoms with Gasteiger partial charge in [0, 0.05) is 5.25 Å². The Balaban J connectivity index is 0.000000791. The molecule has 14 heavy (non-hydrogen) atoms. The lowest BCUT2D eigenvalue weighted by atomic mass is 9.94. The molecule has 0 fully saturated rings. The molecular formula is C12H20S2. The quantitative estimate of drug-likeness (QED) is 0.703. The first kappa shape index (κ1) is 13.9. The predicted molar refractivity (Wildman–Crippen MR) is 73.0 cm³/mol. The summed E-state index contributed by atoms with van der Waals surface area (Å²) >= 11 is 7.98. The molecule has 0 aliphatic rings. The zero-order valence-corrected chi connectivity index (χ0v) is 11.1. The van der Waals surface area contributed by atoms with Crippen LogP contribution >= 0.6 is 25.3 Å². The minimum Gasteiger partial charge on any atom is -0.183 e. The molecule has 1 aromatic rings. The van der Waals surface area contributed by atoms with Crippen molar-refractivity contribution in [3.63, 3.8) is 0 Å². The van der Waals surface area contributed by atoms with Crippen molar-refractivity contribution in [1.82, 2.24) is 0 Å². The molecule has 0 amide bonds. The molecule has 0 saturated heterocycles. The van der Waals surface area contributed by atoms with E-state index in [0.717, 1.165) is 0 Å². The Labute approximate surface area is 98.9 Å². The van der Waals surface area contributed by atoms with Gasteiger partial charge in [0.15, 0.2) is 0 Å². The van der Waals surface area contributed by atoms with Crippen LogP contribution in [0.2, 0.25) is 0 Å². The lowest BCUT2D eigenvalue weighted by Gasteiger charge is -2.17. The van der Waals surface area contributed by atoms with Crippen molar-refractivity contribution in [3.05, 3.63) is 35.4 Å². The highest BCUT2D eigenvalue weighted by Crippen LogP contribution is 2.24. The van der Waals surface area contributed by atoms with Gasteiger partial charge in [-0.05, 0) is 30.2 Å². The second-order valence-corrected chi connectivity index (χ2v) is 4.20. The van der Waals surface area contributed by atoms with Gasteiger partial charge in [-0.25, -0.2) is 0 Å². The van der Waals surface area contributed by atoms with Crippen LogP contribution in [0.25, 0.3) is 0 Å². The third-order valence-electron chi connectivity index (χ3n) is 2.40. The summed E-state index contributed by atoms with van der Waals surface area (Å²) in [6, 6.07) is 8.51. The van der Waals surface area contributed by atoms with Crippen LogP contribution in [0.5, 0.6) is 0 Å². The Morgan fingerprint density at radius 1 is 1.07 bits per heavy atom. The highest BCUT2D eigenvalue weighted by atomic mass is 32.1. The zero-order valence-electron chi connectivity index (χ0n) is 9.36. The summed E-state index contributed by atoms with van der Waals surface area (Å²) in [4.78, 5) is 0. The standard InChI is InChI=1S/C11H16S.CH4S/c1-8-6-4-5-7-11(8)9(2)10(3)12;1-2/h4-7,9-10,12H,1-3H3;2H,1H3. The van der Waals surface area contributed by atoms with Crippen molar-refractivity contribution >= 4 is 25.3 Å². The van der Waals surface area contributed by atoms with Gasteiger partial charge in [0.05, 0.1) is 0 Å². The van der Waals surface area contributed by atoms with Crippen LogP contribution in [0.4, 0.5) is 0 Å². The number of benzene rings is 1. The molecule has 2 heteroatoms. The second-order valence-electron chi connectivity index (χ2n) is 3.39. The number of rotatable bonds is 2. The Bertz CT molecular complexity index is 256. The van der Waals surface area contributed by atoms with Crippen molar-refractivity contribution in [2.24, 2.45) is 0 Å². The molecule has 2 atom stereocenters. The van der Waals surface area contributed by atoms with Crippen molar-refractivity contribution in [2.45, 2.75) is 31.9 Å². The van der Waals surface area contributed by atoms with E-state index < -0.39 is 0 Å². The zero-order chi connectivity index (χ0) is 11.1. The van der Waals surface area contributed by atoms with Gasteiger partial charge in [-0.3, -0.25) is 0 Å². The smallest absolute Gasteiger partial charge is 0.00546 e. The van der Waals surface area contributed by atoms with Gasteiger partial charge in [0.1, 0.15) is 0 Å². The number of hydrogen-bond donors (Lipinski definition) is 2. The summed E-state index contributed by atoms with van der Waals surface area (Å²) in [6.45, 7) is 6.52. The van der Waals surface area contributed by atoms with E-state index in [0.29, 0.717) is 11.2 Å². The van der Waals surface area contributed by atoms with Crippen LogP contribution in [0.1, 0.15) is 30.9 Å². The van der Waals surface area contributed by atoms with E-state index in [-0.39, 0.29) is 0 Å². The number of thiol groups is 2. The van der Waals surface area contributed by atoms with E-state index in [1.807, 2.05) is 0 Å². The van der Waals surface area contributed by atoms with E-state index in [1.165, 1.54) is 11.1 Å². The van der Waals surface area contributed by atoms with E-state index in [1.54, 1.807) is 6.26 Å². The molecular weight excluding hydrogens is 208 g/mol. The highest BCUT2D eigenvalue weighted by Gasteiger charge is 2.11. The average molecular weight is 228 g/mol. The van der Waals surface area contributed by atoms with Crippen molar-refractivity contribution in [2.75, 3.05) is 6.26 Å². The van der Waals surface area contributed by atoms with Crippen LogP contribution in [-0.2, 0) is 0 Å². The first-order valence-electron chi connectivity index (χ1n) is 4.81. The molecule has 1 aromatic carbocycles. The summed E-state index contributed by atoms with van der Waals surface area (Å²) in [7, 11) is 0. The topological polar surface area (TPSA) is 0 Å². The van der Waals surface area contributed by atoms with Crippen LogP contribution in [0, 0.1) is 6.92 Å². The van der Waals surface area contributed by atoms with Gasteiger partial charge in [-0.1, -0.05) is 38.1 Å². The van der Waals surface area contributed by atoms with Gasteiger partial charge in [0.25, 0.3) is 0 Å². The van der Waals surface area contributed by atoms with Crippen LogP contribution < -0.4 is 0 Å². The van der Waals surface area contributed by atoms with Crippen molar-refractivity contribution < 1.29 is 0 Å². The van der Waals surface area contributed by atoms with Crippen molar-refractivity contribution in [3.8, 4) is 0 Å². The molecule has 0 aliphatic carbocycles. The van der Waals surface area contributed by atoms with Crippen LogP contribution in [-0.4, -0.2) is 11.5 Å². The van der Waals surface area contributed by atoms with Crippen LogP contribution in [0.3, 0.4) is 0 Å². The summed E-state index contributed by atoms with van der Waals surface area (Å²) < 4.78 is 0. The fourth-order valence-corrected chi connectivity index (χ4v) is 1.52. The fourth-order valence-electron chi connectivity index (χ4n) is 1.36. The predicted octanol–water partition coefficient (Wildman–Crippen LogP) is 3.96. The van der Waals surface area contributed by atoms with Gasteiger partial charge in [0.2, 0.25) is 0 Å². The summed E-state index contributed by atoms with van der Waals surface area (Å²) in [6.07, 6.45) is 1.69. The maximum atomic E-state index is 4.45. The fraction of sp³-hybridized carbons (Fsp3) is 0.500. The molecule has 0 spiro atoms. The van der Waals surface area contributed by atoms with Crippen molar-refractivity contribution in [1.29, 1.82) is 0 Å². The van der Waals surface area contributed by atoms with Gasteiger partial charge < -0.3 is 0 Å². The first-order chi connectivity index (χ1) is 6.63. The largest absolute Gasteiger partial charge is 0.183 e. The molecule has 0 aromatic heterocycles. The third-order valence-corrected chi connectivity index (χ3v) is 2.85. The molecule has 80 valence electrons. The number of hydrogen-bond acceptors (Lipinski definition) is 2. The summed E-state index contributed by atoms with van der Waals surface area (Å²) in [5.41, 5.74) is 2.78. The van der Waals surface area contributed by atoms with E-state index in [2.05, 4.69) is 70.3 Å². The average Bonchev–Trinajstić information content (AvgIpc) is 2.20. The first-order valence-corrected chi connectivity index (χ1v) is 6.22. The lowest BCUT2D eigenvalue weighted by molar-refractivity contribution is 0.750. The molecule has 0 aliphatic heterocycles. The highest BCUT2D eigenvalue weighted by molar-refractivity contribution is 7.81. The molecule has 0 radical (unpaired) electrons. The molecule has 0 N–H and O–H groups in total. The third kappa shape index (κ3) is 3.97. The van der Waals surface area contributed by atoms with Gasteiger partial charge in [-0.2, -0.15) is 25.3 Å². The molecule has 0 bridgehead atoms. The second kappa shape index (κ2) is 7.24. The van der Waals surface area contributed by atoms with Gasteiger partial charge in [-0.15, -0.1) is 0 Å². The van der Waals surface area contributed by atoms with E-state index >= 15 is 0 Å². The maximum Gasteiger partial charge on any atom is 0.00546 e. The summed E-state index contributed by atoms with van der Waals surface area (Å²) in [5.74, 6) is 0.537. The number of aryl methyl sites for hydroxylation is 1. The minimum absolute atomic E-state index is 0.422. The van der Waals surface area contributed by atoms with E-state index in [4.69, 9.17) is 0 Å². The normalized spacial score (nSPS) is 13.9. The minimum atomic E-state index is 0.422. The molecule has 2 unspecified atom stereocenters.